The highest BCUT2D eigenvalue weighted by Crippen LogP contribution is 2.46. The minimum absolute atomic E-state index is 0.480. The van der Waals surface area contributed by atoms with Crippen molar-refractivity contribution in [2.45, 2.75) is 18.9 Å². The molecule has 0 aromatic heterocycles. The normalized spacial score (nSPS) is 22.8. The van der Waals surface area contributed by atoms with Crippen LogP contribution in [0.3, 0.4) is 0 Å². The van der Waals surface area contributed by atoms with E-state index < -0.39 is 23.1 Å². The Morgan fingerprint density at radius 3 is 2.15 bits per heavy atom. The molecular formula is C19H26F2N4O. The minimum Gasteiger partial charge on any atom is -0.369 e. The number of hydrogen-bond donors (Lipinski definition) is 1. The zero-order valence-corrected chi connectivity index (χ0v) is 15.4. The van der Waals surface area contributed by atoms with Gasteiger partial charge >= 0.3 is 0 Å². The average Bonchev–Trinajstić information content (AvgIpc) is 2.52. The maximum atomic E-state index is 14.3. The van der Waals surface area contributed by atoms with Crippen LogP contribution in [0.2, 0.25) is 0 Å². The first-order chi connectivity index (χ1) is 12.4. The number of carbonyl (C=O) groups is 1. The predicted octanol–water partition coefficient (Wildman–Crippen LogP) is 1.54. The van der Waals surface area contributed by atoms with E-state index in [-0.39, 0.29) is 0 Å². The van der Waals surface area contributed by atoms with Crippen molar-refractivity contribution in [3.05, 3.63) is 29.3 Å². The number of hydrogen-bond acceptors (Lipinski definition) is 4. The van der Waals surface area contributed by atoms with E-state index in [1.165, 1.54) is 44.0 Å². The van der Waals surface area contributed by atoms with Crippen molar-refractivity contribution in [1.82, 2.24) is 15.1 Å². The van der Waals surface area contributed by atoms with E-state index in [1.54, 1.807) is 0 Å². The van der Waals surface area contributed by atoms with Gasteiger partial charge in [0.2, 0.25) is 0 Å². The van der Waals surface area contributed by atoms with Gasteiger partial charge in [0.05, 0.1) is 0 Å². The Morgan fingerprint density at radius 1 is 1.12 bits per heavy atom. The Morgan fingerprint density at radius 2 is 1.69 bits per heavy atom. The molecular weight excluding hydrogens is 338 g/mol. The van der Waals surface area contributed by atoms with Gasteiger partial charge in [0.15, 0.2) is 0 Å². The van der Waals surface area contributed by atoms with Crippen molar-refractivity contribution in [1.29, 1.82) is 0 Å². The highest BCUT2D eigenvalue weighted by molar-refractivity contribution is 5.94. The Kier molecular flexibility index (Phi) is 4.39. The Bertz CT molecular complexity index is 680. The van der Waals surface area contributed by atoms with Crippen LogP contribution in [0.5, 0.6) is 0 Å². The highest BCUT2D eigenvalue weighted by Gasteiger charge is 2.50. The van der Waals surface area contributed by atoms with Crippen molar-refractivity contribution >= 4 is 11.6 Å². The van der Waals surface area contributed by atoms with Gasteiger partial charge in [0.25, 0.3) is 5.91 Å². The molecule has 1 N–H and O–H groups in total. The Balaban J connectivity index is 1.39. The number of benzene rings is 1. The van der Waals surface area contributed by atoms with Crippen LogP contribution >= 0.6 is 0 Å². The van der Waals surface area contributed by atoms with Crippen molar-refractivity contribution in [3.8, 4) is 0 Å². The van der Waals surface area contributed by atoms with Crippen LogP contribution in [0.4, 0.5) is 14.5 Å². The van der Waals surface area contributed by atoms with Crippen LogP contribution in [0.1, 0.15) is 23.2 Å². The minimum atomic E-state index is -0.792. The maximum absolute atomic E-state index is 14.3. The fourth-order valence-electron chi connectivity index (χ4n) is 4.48. The lowest BCUT2D eigenvalue weighted by Gasteiger charge is -2.58. The molecule has 1 amide bonds. The number of rotatable bonds is 3. The molecule has 1 aromatic rings. The fraction of sp³-hybridized carbons (Fsp3) is 0.632. The third-order valence-corrected chi connectivity index (χ3v) is 6.18. The van der Waals surface area contributed by atoms with Crippen molar-refractivity contribution in [2.75, 3.05) is 58.3 Å². The molecule has 7 heteroatoms. The summed E-state index contributed by atoms with van der Waals surface area (Å²) >= 11 is 0. The van der Waals surface area contributed by atoms with Crippen LogP contribution in [0.15, 0.2) is 12.1 Å². The van der Waals surface area contributed by atoms with E-state index in [2.05, 4.69) is 10.2 Å². The molecule has 1 aliphatic carbocycles. The van der Waals surface area contributed by atoms with Crippen LogP contribution in [0.25, 0.3) is 0 Å². The van der Waals surface area contributed by atoms with Crippen molar-refractivity contribution in [3.63, 3.8) is 0 Å². The van der Waals surface area contributed by atoms with Crippen LogP contribution in [-0.4, -0.2) is 75.1 Å². The molecule has 26 heavy (non-hydrogen) atoms. The average molecular weight is 364 g/mol. The zero-order chi connectivity index (χ0) is 18.5. The summed E-state index contributed by atoms with van der Waals surface area (Å²) in [5.41, 5.74) is 0.595. The molecule has 0 bridgehead atoms. The van der Waals surface area contributed by atoms with Gasteiger partial charge in [0, 0.05) is 65.1 Å². The summed E-state index contributed by atoms with van der Waals surface area (Å²) in [5, 5.41) is 3.36. The summed E-state index contributed by atoms with van der Waals surface area (Å²) in [6, 6.07) is 3.23. The van der Waals surface area contributed by atoms with Gasteiger partial charge in [-0.2, -0.15) is 0 Å². The van der Waals surface area contributed by atoms with E-state index in [4.69, 9.17) is 0 Å². The van der Waals surface area contributed by atoms with Gasteiger partial charge in [-0.1, -0.05) is 0 Å². The molecule has 0 radical (unpaired) electrons. The number of carbonyl (C=O) groups excluding carboxylic acids is 1. The molecule has 1 aromatic carbocycles. The van der Waals surface area contributed by atoms with E-state index in [0.717, 1.165) is 39.3 Å². The molecule has 3 aliphatic rings. The smallest absolute Gasteiger partial charge is 0.259 e. The zero-order valence-electron chi connectivity index (χ0n) is 15.4. The van der Waals surface area contributed by atoms with Crippen LogP contribution in [0, 0.1) is 17.0 Å². The van der Waals surface area contributed by atoms with Gasteiger partial charge < -0.3 is 15.1 Å². The molecule has 2 aliphatic heterocycles. The van der Waals surface area contributed by atoms with Gasteiger partial charge in [-0.3, -0.25) is 9.69 Å². The van der Waals surface area contributed by atoms with Crippen molar-refractivity contribution < 1.29 is 13.6 Å². The molecule has 0 atom stereocenters. The lowest BCUT2D eigenvalue weighted by Crippen LogP contribution is -2.66. The first-order valence-electron chi connectivity index (χ1n) is 9.29. The van der Waals surface area contributed by atoms with E-state index in [9.17, 15) is 13.6 Å². The molecule has 1 saturated carbocycles. The molecule has 2 heterocycles. The molecule has 1 spiro atoms. The fourth-order valence-corrected chi connectivity index (χ4v) is 4.48. The standard InChI is InChI=1S/C19H26F2N4O/c1-23(2)18(26)17-15(20)7-13(8-16(17)21)24-3-5-25(6-4-24)14-9-19(10-14)11-22-12-19/h7-8,14,22H,3-6,9-12H2,1-2H3. The maximum Gasteiger partial charge on any atom is 0.259 e. The topological polar surface area (TPSA) is 38.8 Å². The largest absolute Gasteiger partial charge is 0.369 e. The summed E-state index contributed by atoms with van der Waals surface area (Å²) < 4.78 is 28.7. The highest BCUT2D eigenvalue weighted by atomic mass is 19.1. The number of piperazine rings is 1. The van der Waals surface area contributed by atoms with Crippen LogP contribution in [-0.2, 0) is 0 Å². The predicted molar refractivity (Wildman–Crippen MR) is 96.5 cm³/mol. The van der Waals surface area contributed by atoms with Gasteiger partial charge in [-0.05, 0) is 30.4 Å². The molecule has 0 unspecified atom stereocenters. The number of nitrogens with zero attached hydrogens (tertiary/aromatic N) is 3. The molecule has 2 saturated heterocycles. The van der Waals surface area contributed by atoms with E-state index in [1.807, 2.05) is 4.90 Å². The summed E-state index contributed by atoms with van der Waals surface area (Å²) in [6.45, 7) is 5.63. The molecule has 4 rings (SSSR count). The van der Waals surface area contributed by atoms with Crippen molar-refractivity contribution in [2.24, 2.45) is 5.41 Å². The lowest BCUT2D eigenvalue weighted by molar-refractivity contribution is -0.0373. The second-order valence-corrected chi connectivity index (χ2v) is 8.17. The lowest BCUT2D eigenvalue weighted by atomic mass is 9.61. The number of halogens is 2. The van der Waals surface area contributed by atoms with Crippen LogP contribution < -0.4 is 10.2 Å². The Hall–Kier alpha value is -1.73. The SMILES string of the molecule is CN(C)C(=O)c1c(F)cc(N2CCN(C3CC4(CNC4)C3)CC2)cc1F. The first kappa shape index (κ1) is 17.7. The number of anilines is 1. The number of amides is 1. The first-order valence-corrected chi connectivity index (χ1v) is 9.29. The summed E-state index contributed by atoms with van der Waals surface area (Å²) in [7, 11) is 2.97. The second kappa shape index (κ2) is 6.46. The third-order valence-electron chi connectivity index (χ3n) is 6.18. The third kappa shape index (κ3) is 2.97. The quantitative estimate of drug-likeness (QED) is 0.883. The van der Waals surface area contributed by atoms with Gasteiger partial charge in [-0.15, -0.1) is 0 Å². The second-order valence-electron chi connectivity index (χ2n) is 8.17. The Labute approximate surface area is 152 Å². The van der Waals surface area contributed by atoms with E-state index >= 15 is 0 Å². The molecule has 5 nitrogen and oxygen atoms in total. The van der Waals surface area contributed by atoms with E-state index in [0.29, 0.717) is 17.1 Å². The summed E-state index contributed by atoms with van der Waals surface area (Å²) in [6.07, 6.45) is 2.54. The van der Waals surface area contributed by atoms with Gasteiger partial charge in [-0.25, -0.2) is 8.78 Å². The summed E-state index contributed by atoms with van der Waals surface area (Å²) in [4.78, 5) is 17.6. The molecule has 3 fully saturated rings. The number of nitrogens with one attached hydrogen (secondary N) is 1. The monoisotopic (exact) mass is 364 g/mol. The molecule has 142 valence electrons. The van der Waals surface area contributed by atoms with Gasteiger partial charge in [0.1, 0.15) is 17.2 Å². The summed E-state index contributed by atoms with van der Waals surface area (Å²) in [5.74, 6) is -2.24.